The molecule has 0 saturated carbocycles. The van der Waals surface area contributed by atoms with Crippen LogP contribution in [0, 0.1) is 6.92 Å². The van der Waals surface area contributed by atoms with Crippen molar-refractivity contribution in [3.8, 4) is 11.1 Å². The van der Waals surface area contributed by atoms with Gasteiger partial charge in [-0.15, -0.1) is 0 Å². The normalized spacial score (nSPS) is 16.0. The molecule has 0 aliphatic carbocycles. The fraction of sp³-hybridized carbons (Fsp3) is 0.269. The van der Waals surface area contributed by atoms with Gasteiger partial charge in [0.1, 0.15) is 5.82 Å². The number of hydrogen-bond donors (Lipinski definition) is 2. The molecule has 0 spiro atoms. The lowest BCUT2D eigenvalue weighted by Crippen LogP contribution is -2.35. The van der Waals surface area contributed by atoms with Crippen LogP contribution in [0.2, 0.25) is 0 Å². The SMILES string of the molecule is Cc1ccc2c(-c3ccc(Nc4ccc(CN5CCOCC5)cn4)c4c3CNC4=O)cnn2c1. The molecule has 8 nitrogen and oxygen atoms in total. The predicted molar refractivity (Wildman–Crippen MR) is 130 cm³/mol. The van der Waals surface area contributed by atoms with E-state index in [1.54, 1.807) is 0 Å². The number of nitrogens with one attached hydrogen (secondary N) is 2. The van der Waals surface area contributed by atoms with Crippen molar-refractivity contribution in [2.45, 2.75) is 20.0 Å². The first-order valence-electron chi connectivity index (χ1n) is 11.6. The van der Waals surface area contributed by atoms with Gasteiger partial charge in [0.25, 0.3) is 5.91 Å². The molecule has 1 fully saturated rings. The number of anilines is 2. The Balaban J connectivity index is 1.28. The van der Waals surface area contributed by atoms with E-state index < -0.39 is 0 Å². The Kier molecular flexibility index (Phi) is 5.24. The van der Waals surface area contributed by atoms with Crippen molar-refractivity contribution in [3.05, 3.63) is 77.2 Å². The Bertz CT molecular complexity index is 1370. The summed E-state index contributed by atoms with van der Waals surface area (Å²) < 4.78 is 7.31. The number of pyridine rings is 2. The van der Waals surface area contributed by atoms with E-state index in [9.17, 15) is 4.79 Å². The third-order valence-electron chi connectivity index (χ3n) is 6.52. The lowest BCUT2D eigenvalue weighted by atomic mass is 9.96. The van der Waals surface area contributed by atoms with E-state index in [2.05, 4.69) is 49.9 Å². The zero-order chi connectivity index (χ0) is 23.1. The number of aromatic nitrogens is 3. The van der Waals surface area contributed by atoms with Gasteiger partial charge in [0, 0.05) is 44.1 Å². The van der Waals surface area contributed by atoms with Crippen LogP contribution in [0.1, 0.15) is 27.0 Å². The number of fused-ring (bicyclic) bond motifs is 2. The number of morpholine rings is 1. The molecule has 0 bridgehead atoms. The molecule has 172 valence electrons. The van der Waals surface area contributed by atoms with Crippen LogP contribution >= 0.6 is 0 Å². The summed E-state index contributed by atoms with van der Waals surface area (Å²) in [6, 6.07) is 12.2. The lowest BCUT2D eigenvalue weighted by Gasteiger charge is -2.26. The summed E-state index contributed by atoms with van der Waals surface area (Å²) in [5.74, 6) is 0.641. The smallest absolute Gasteiger partial charge is 0.254 e. The molecule has 4 aromatic rings. The van der Waals surface area contributed by atoms with Gasteiger partial charge in [0.05, 0.1) is 36.2 Å². The highest BCUT2D eigenvalue weighted by Crippen LogP contribution is 2.36. The first kappa shape index (κ1) is 20.8. The van der Waals surface area contributed by atoms with Gasteiger partial charge in [-0.1, -0.05) is 18.2 Å². The topological polar surface area (TPSA) is 83.8 Å². The van der Waals surface area contributed by atoms with Crippen LogP contribution in [0.25, 0.3) is 16.6 Å². The van der Waals surface area contributed by atoms with E-state index >= 15 is 0 Å². The highest BCUT2D eigenvalue weighted by Gasteiger charge is 2.27. The quantitative estimate of drug-likeness (QED) is 0.480. The summed E-state index contributed by atoms with van der Waals surface area (Å²) in [7, 11) is 0. The highest BCUT2D eigenvalue weighted by atomic mass is 16.5. The van der Waals surface area contributed by atoms with Crippen LogP contribution in [0.3, 0.4) is 0 Å². The van der Waals surface area contributed by atoms with Gasteiger partial charge in [-0.25, -0.2) is 9.50 Å². The molecule has 0 radical (unpaired) electrons. The average Bonchev–Trinajstić information content (AvgIpc) is 3.45. The summed E-state index contributed by atoms with van der Waals surface area (Å²) >= 11 is 0. The minimum absolute atomic E-state index is 0.0735. The first-order valence-corrected chi connectivity index (χ1v) is 11.6. The minimum Gasteiger partial charge on any atom is -0.379 e. The Morgan fingerprint density at radius 2 is 1.94 bits per heavy atom. The van der Waals surface area contributed by atoms with Crippen molar-refractivity contribution < 1.29 is 9.53 Å². The van der Waals surface area contributed by atoms with E-state index in [0.29, 0.717) is 17.9 Å². The van der Waals surface area contributed by atoms with E-state index in [0.717, 1.165) is 71.9 Å². The van der Waals surface area contributed by atoms with Crippen molar-refractivity contribution in [3.63, 3.8) is 0 Å². The number of carbonyl (C=O) groups excluding carboxylic acids is 1. The van der Waals surface area contributed by atoms with E-state index in [1.807, 2.05) is 42.2 Å². The molecular weight excluding hydrogens is 428 g/mol. The van der Waals surface area contributed by atoms with Crippen LogP contribution in [0.5, 0.6) is 0 Å². The van der Waals surface area contributed by atoms with E-state index in [-0.39, 0.29) is 5.91 Å². The number of rotatable bonds is 5. The number of amides is 1. The molecule has 3 aromatic heterocycles. The summed E-state index contributed by atoms with van der Waals surface area (Å²) in [6.07, 6.45) is 5.77. The first-order chi connectivity index (χ1) is 16.7. The zero-order valence-corrected chi connectivity index (χ0v) is 19.0. The predicted octanol–water partition coefficient (Wildman–Crippen LogP) is 3.52. The van der Waals surface area contributed by atoms with Crippen molar-refractivity contribution in [2.24, 2.45) is 0 Å². The summed E-state index contributed by atoms with van der Waals surface area (Å²) in [5, 5.41) is 10.9. The number of carbonyl (C=O) groups is 1. The Morgan fingerprint density at radius 3 is 2.76 bits per heavy atom. The highest BCUT2D eigenvalue weighted by molar-refractivity contribution is 6.06. The standard InChI is InChI=1S/C26H26N6O2/c1-17-2-6-23-20(14-29-32(23)15-17)19-4-5-22(25-21(19)13-28-26(25)33)30-24-7-3-18(12-27-24)16-31-8-10-34-11-9-31/h2-7,12,14-15H,8-11,13,16H2,1H3,(H,27,30)(H,28,33). The fourth-order valence-corrected chi connectivity index (χ4v) is 4.75. The summed E-state index contributed by atoms with van der Waals surface area (Å²) in [6.45, 7) is 6.86. The molecule has 2 aliphatic heterocycles. The fourth-order valence-electron chi connectivity index (χ4n) is 4.75. The maximum Gasteiger partial charge on any atom is 0.254 e. The Hall–Kier alpha value is -3.75. The lowest BCUT2D eigenvalue weighted by molar-refractivity contribution is 0.0341. The Labute approximate surface area is 197 Å². The molecule has 5 heterocycles. The van der Waals surface area contributed by atoms with Crippen molar-refractivity contribution >= 4 is 22.9 Å². The molecule has 1 amide bonds. The average molecular weight is 455 g/mol. The number of benzene rings is 1. The third-order valence-corrected chi connectivity index (χ3v) is 6.52. The van der Waals surface area contributed by atoms with E-state index in [4.69, 9.17) is 4.74 Å². The number of nitrogens with zero attached hydrogens (tertiary/aromatic N) is 4. The maximum atomic E-state index is 12.8. The van der Waals surface area contributed by atoms with Gasteiger partial charge in [-0.05, 0) is 47.4 Å². The van der Waals surface area contributed by atoms with Crippen molar-refractivity contribution in [1.82, 2.24) is 24.8 Å². The molecule has 2 aliphatic rings. The van der Waals surface area contributed by atoms with Crippen LogP contribution in [0.15, 0.2) is 55.0 Å². The molecule has 1 saturated heterocycles. The largest absolute Gasteiger partial charge is 0.379 e. The van der Waals surface area contributed by atoms with Crippen LogP contribution < -0.4 is 10.6 Å². The molecule has 2 N–H and O–H groups in total. The molecule has 0 unspecified atom stereocenters. The van der Waals surface area contributed by atoms with Crippen molar-refractivity contribution in [2.75, 3.05) is 31.6 Å². The van der Waals surface area contributed by atoms with Gasteiger partial charge < -0.3 is 15.4 Å². The zero-order valence-electron chi connectivity index (χ0n) is 19.0. The van der Waals surface area contributed by atoms with Gasteiger partial charge >= 0.3 is 0 Å². The summed E-state index contributed by atoms with van der Waals surface area (Å²) in [5.41, 5.74) is 7.77. The van der Waals surface area contributed by atoms with Crippen LogP contribution in [0.4, 0.5) is 11.5 Å². The molecule has 6 rings (SSSR count). The molecule has 1 aromatic carbocycles. The molecule has 34 heavy (non-hydrogen) atoms. The Morgan fingerprint density at radius 1 is 1.06 bits per heavy atom. The van der Waals surface area contributed by atoms with Crippen LogP contribution in [-0.2, 0) is 17.8 Å². The van der Waals surface area contributed by atoms with Crippen molar-refractivity contribution in [1.29, 1.82) is 0 Å². The summed E-state index contributed by atoms with van der Waals surface area (Å²) in [4.78, 5) is 19.7. The maximum absolute atomic E-state index is 12.8. The van der Waals surface area contributed by atoms with Crippen LogP contribution in [-0.4, -0.2) is 51.7 Å². The second kappa shape index (κ2) is 8.55. The molecular formula is C26H26N6O2. The third kappa shape index (κ3) is 3.81. The second-order valence-electron chi connectivity index (χ2n) is 8.86. The molecule has 8 heteroatoms. The second-order valence-corrected chi connectivity index (χ2v) is 8.86. The number of aryl methyl sites for hydroxylation is 1. The van der Waals surface area contributed by atoms with Gasteiger partial charge in [0.15, 0.2) is 0 Å². The molecule has 0 atom stereocenters. The van der Waals surface area contributed by atoms with Gasteiger partial charge in [-0.3, -0.25) is 9.69 Å². The monoisotopic (exact) mass is 454 g/mol. The van der Waals surface area contributed by atoms with E-state index in [1.165, 1.54) is 0 Å². The van der Waals surface area contributed by atoms with Gasteiger partial charge in [-0.2, -0.15) is 5.10 Å². The van der Waals surface area contributed by atoms with Gasteiger partial charge in [0.2, 0.25) is 0 Å². The number of ether oxygens (including phenoxy) is 1. The number of hydrogen-bond acceptors (Lipinski definition) is 6. The minimum atomic E-state index is -0.0735.